The molecule has 4 heterocycles. The number of hydrogen-bond acceptors (Lipinski definition) is 7. The van der Waals surface area contributed by atoms with Crippen LogP contribution in [-0.2, 0) is 24.7 Å². The zero-order valence-electron chi connectivity index (χ0n) is 16.3. The first kappa shape index (κ1) is 21.2. The topological polar surface area (TPSA) is 95.1 Å². The van der Waals surface area contributed by atoms with E-state index in [1.165, 1.54) is 15.6 Å². The van der Waals surface area contributed by atoms with E-state index in [4.69, 9.17) is 0 Å². The van der Waals surface area contributed by atoms with Crippen LogP contribution in [0.4, 0.5) is 0 Å². The fraction of sp³-hybridized carbons (Fsp3) is 0.722. The number of hydrogen-bond donors (Lipinski definition) is 0. The van der Waals surface area contributed by atoms with Crippen LogP contribution in [-0.4, -0.2) is 93.7 Å². The van der Waals surface area contributed by atoms with E-state index in [0.717, 1.165) is 0 Å². The zero-order chi connectivity index (χ0) is 20.6. The second-order valence-electron chi connectivity index (χ2n) is 8.05. The lowest BCUT2D eigenvalue weighted by molar-refractivity contribution is -0.138. The molecule has 1 aromatic rings. The van der Waals surface area contributed by atoms with E-state index in [2.05, 4.69) is 4.90 Å². The Morgan fingerprint density at radius 2 is 1.86 bits per heavy atom. The van der Waals surface area contributed by atoms with E-state index in [9.17, 15) is 21.6 Å². The summed E-state index contributed by atoms with van der Waals surface area (Å²) in [4.78, 5) is 17.0. The van der Waals surface area contributed by atoms with Crippen LogP contribution in [0.1, 0.15) is 19.3 Å². The van der Waals surface area contributed by atoms with Crippen molar-refractivity contribution in [3.8, 4) is 0 Å². The molecule has 0 unspecified atom stereocenters. The molecule has 0 N–H and O–H groups in total. The van der Waals surface area contributed by atoms with Crippen LogP contribution in [0.25, 0.3) is 0 Å². The van der Waals surface area contributed by atoms with Crippen molar-refractivity contribution in [3.05, 3.63) is 17.5 Å². The Morgan fingerprint density at radius 3 is 2.48 bits per heavy atom. The van der Waals surface area contributed by atoms with Gasteiger partial charge in [-0.2, -0.15) is 4.31 Å². The highest BCUT2D eigenvalue weighted by atomic mass is 32.2. The third-order valence-corrected chi connectivity index (χ3v) is 11.2. The van der Waals surface area contributed by atoms with Crippen LogP contribution in [0.3, 0.4) is 0 Å². The number of amides is 1. The molecular weight excluding hydrogens is 434 g/mol. The predicted octanol–water partition coefficient (Wildman–Crippen LogP) is 0.480. The standard InChI is InChI=1S/C18H27N3O5S3/c22-18(20-9-7-19(8-10-20)16-5-12-28(23,24)14-16)15-3-1-6-21(13-15)29(25,26)17-4-2-11-27-17/h2,4,11,15-16H,1,3,5-10,12-14H2/t15-,16-/m0/s1. The minimum Gasteiger partial charge on any atom is -0.340 e. The smallest absolute Gasteiger partial charge is 0.252 e. The monoisotopic (exact) mass is 461 g/mol. The maximum Gasteiger partial charge on any atom is 0.252 e. The molecule has 11 heteroatoms. The van der Waals surface area contributed by atoms with Crippen molar-refractivity contribution >= 4 is 37.1 Å². The van der Waals surface area contributed by atoms with Gasteiger partial charge >= 0.3 is 0 Å². The van der Waals surface area contributed by atoms with E-state index in [0.29, 0.717) is 56.2 Å². The Labute approximate surface area is 176 Å². The quantitative estimate of drug-likeness (QED) is 0.647. The van der Waals surface area contributed by atoms with Gasteiger partial charge in [-0.05, 0) is 30.7 Å². The fourth-order valence-corrected chi connectivity index (χ4v) is 8.96. The Morgan fingerprint density at radius 1 is 1.10 bits per heavy atom. The van der Waals surface area contributed by atoms with Crippen molar-refractivity contribution in [3.63, 3.8) is 0 Å². The van der Waals surface area contributed by atoms with Gasteiger partial charge in [0.1, 0.15) is 4.21 Å². The van der Waals surface area contributed by atoms with Crippen LogP contribution >= 0.6 is 11.3 Å². The van der Waals surface area contributed by atoms with E-state index in [1.807, 2.05) is 4.90 Å². The highest BCUT2D eigenvalue weighted by Gasteiger charge is 2.38. The minimum atomic E-state index is -3.53. The fourth-order valence-electron chi connectivity index (χ4n) is 4.53. The molecule has 3 fully saturated rings. The molecule has 162 valence electrons. The third kappa shape index (κ3) is 4.53. The first-order chi connectivity index (χ1) is 13.8. The minimum absolute atomic E-state index is 0.0229. The number of nitrogens with zero attached hydrogens (tertiary/aromatic N) is 3. The average Bonchev–Trinajstić information content (AvgIpc) is 3.38. The largest absolute Gasteiger partial charge is 0.340 e. The SMILES string of the molecule is O=C([C@H]1CCCN(S(=O)(=O)c2cccs2)C1)N1CCN([C@H]2CCS(=O)(=O)C2)CC1. The number of piperidine rings is 1. The highest BCUT2D eigenvalue weighted by Crippen LogP contribution is 2.28. The van der Waals surface area contributed by atoms with E-state index >= 15 is 0 Å². The van der Waals surface area contributed by atoms with Crippen LogP contribution < -0.4 is 0 Å². The summed E-state index contributed by atoms with van der Waals surface area (Å²) in [6.45, 7) is 3.19. The molecule has 1 aromatic heterocycles. The Kier molecular flexibility index (Phi) is 6.04. The van der Waals surface area contributed by atoms with Gasteiger partial charge in [0, 0.05) is 45.3 Å². The number of sulfone groups is 1. The predicted molar refractivity (Wildman–Crippen MR) is 111 cm³/mol. The molecule has 3 aliphatic rings. The molecule has 1 amide bonds. The molecule has 4 rings (SSSR count). The summed E-state index contributed by atoms with van der Waals surface area (Å²) in [5.74, 6) is 0.193. The Bertz CT molecular complexity index is 937. The molecule has 0 aliphatic carbocycles. The summed E-state index contributed by atoms with van der Waals surface area (Å²) in [6, 6.07) is 3.39. The molecule has 8 nitrogen and oxygen atoms in total. The molecule has 0 spiro atoms. The molecule has 0 saturated carbocycles. The maximum atomic E-state index is 13.0. The number of thiophene rings is 1. The molecule has 0 bridgehead atoms. The van der Waals surface area contributed by atoms with Gasteiger partial charge in [0.25, 0.3) is 10.0 Å². The third-order valence-electron chi connectivity index (χ3n) is 6.17. The van der Waals surface area contributed by atoms with Crippen molar-refractivity contribution in [2.24, 2.45) is 5.92 Å². The highest BCUT2D eigenvalue weighted by molar-refractivity contribution is 7.91. The van der Waals surface area contributed by atoms with Crippen molar-refractivity contribution in [1.82, 2.24) is 14.1 Å². The Hall–Kier alpha value is -1.01. The summed E-state index contributed by atoms with van der Waals surface area (Å²) >= 11 is 1.20. The normalized spacial score (nSPS) is 29.2. The molecule has 2 atom stereocenters. The van der Waals surface area contributed by atoms with Gasteiger partial charge in [-0.1, -0.05) is 6.07 Å². The van der Waals surface area contributed by atoms with Gasteiger partial charge in [-0.25, -0.2) is 16.8 Å². The van der Waals surface area contributed by atoms with E-state index in [-0.39, 0.29) is 35.9 Å². The lowest BCUT2D eigenvalue weighted by atomic mass is 9.97. The lowest BCUT2D eigenvalue weighted by Crippen LogP contribution is -2.55. The van der Waals surface area contributed by atoms with Crippen molar-refractivity contribution < 1.29 is 21.6 Å². The van der Waals surface area contributed by atoms with Gasteiger partial charge < -0.3 is 4.90 Å². The number of piperazine rings is 1. The number of carbonyl (C=O) groups is 1. The lowest BCUT2D eigenvalue weighted by Gasteiger charge is -2.40. The maximum absolute atomic E-state index is 13.0. The Balaban J connectivity index is 1.34. The van der Waals surface area contributed by atoms with Crippen LogP contribution in [0.5, 0.6) is 0 Å². The molecular formula is C18H27N3O5S3. The van der Waals surface area contributed by atoms with Crippen LogP contribution in [0.15, 0.2) is 21.7 Å². The summed E-state index contributed by atoms with van der Waals surface area (Å²) in [7, 11) is -6.45. The van der Waals surface area contributed by atoms with Gasteiger partial charge in [-0.3, -0.25) is 9.69 Å². The van der Waals surface area contributed by atoms with Gasteiger partial charge in [0.15, 0.2) is 9.84 Å². The van der Waals surface area contributed by atoms with E-state index < -0.39 is 19.9 Å². The van der Waals surface area contributed by atoms with Crippen molar-refractivity contribution in [2.45, 2.75) is 29.5 Å². The van der Waals surface area contributed by atoms with Gasteiger partial charge in [-0.15, -0.1) is 11.3 Å². The number of rotatable bonds is 4. The average molecular weight is 462 g/mol. The zero-order valence-corrected chi connectivity index (χ0v) is 18.7. The summed E-state index contributed by atoms with van der Waals surface area (Å²) in [5.41, 5.74) is 0. The molecule has 3 saturated heterocycles. The summed E-state index contributed by atoms with van der Waals surface area (Å²) < 4.78 is 50.8. The van der Waals surface area contributed by atoms with Crippen molar-refractivity contribution in [2.75, 3.05) is 50.8 Å². The number of carbonyl (C=O) groups excluding carboxylic acids is 1. The first-order valence-electron chi connectivity index (χ1n) is 10.0. The second-order valence-corrected chi connectivity index (χ2v) is 13.4. The number of sulfonamides is 1. The van der Waals surface area contributed by atoms with Gasteiger partial charge in [0.05, 0.1) is 17.4 Å². The second kappa shape index (κ2) is 8.26. The van der Waals surface area contributed by atoms with Crippen LogP contribution in [0.2, 0.25) is 0 Å². The summed E-state index contributed by atoms with van der Waals surface area (Å²) in [6.07, 6.45) is 2.06. The molecule has 3 aliphatic heterocycles. The van der Waals surface area contributed by atoms with E-state index in [1.54, 1.807) is 17.5 Å². The molecule has 0 aromatic carbocycles. The molecule has 29 heavy (non-hydrogen) atoms. The summed E-state index contributed by atoms with van der Waals surface area (Å²) in [5, 5.41) is 1.74. The van der Waals surface area contributed by atoms with Crippen LogP contribution in [0, 0.1) is 5.92 Å². The molecule has 0 radical (unpaired) electrons. The van der Waals surface area contributed by atoms with Crippen molar-refractivity contribution in [1.29, 1.82) is 0 Å². The first-order valence-corrected chi connectivity index (χ1v) is 14.2. The van der Waals surface area contributed by atoms with Gasteiger partial charge in [0.2, 0.25) is 5.91 Å².